The number of furan rings is 1. The van der Waals surface area contributed by atoms with Crippen molar-refractivity contribution in [2.24, 2.45) is 0 Å². The van der Waals surface area contributed by atoms with Crippen LogP contribution in [0.5, 0.6) is 0 Å². The van der Waals surface area contributed by atoms with Gasteiger partial charge in [0.1, 0.15) is 11.3 Å². The Morgan fingerprint density at radius 1 is 1.10 bits per heavy atom. The van der Waals surface area contributed by atoms with E-state index in [9.17, 15) is 23.2 Å². The fraction of sp³-hybridized carbons (Fsp3) is 0.235. The van der Waals surface area contributed by atoms with Gasteiger partial charge in [0.05, 0.1) is 6.26 Å². The molecule has 29 heavy (non-hydrogen) atoms. The maximum absolute atomic E-state index is 14.0. The van der Waals surface area contributed by atoms with Gasteiger partial charge in [0.25, 0.3) is 0 Å². The predicted molar refractivity (Wildman–Crippen MR) is 93.8 cm³/mol. The van der Waals surface area contributed by atoms with Crippen molar-refractivity contribution in [3.63, 3.8) is 0 Å². The van der Waals surface area contributed by atoms with Crippen LogP contribution in [-0.2, 0) is 4.74 Å². The van der Waals surface area contributed by atoms with Crippen molar-refractivity contribution < 1.29 is 27.5 Å². The van der Waals surface area contributed by atoms with Crippen LogP contribution >= 0.6 is 0 Å². The summed E-state index contributed by atoms with van der Waals surface area (Å²) >= 11 is 0. The molecule has 3 rings (SSSR count). The maximum Gasteiger partial charge on any atom is 0.425 e. The summed E-state index contributed by atoms with van der Waals surface area (Å²) in [6, 6.07) is 4.25. The Morgan fingerprint density at radius 2 is 1.76 bits per heavy atom. The molecule has 10 nitrogen and oxygen atoms in total. The van der Waals surface area contributed by atoms with Crippen molar-refractivity contribution in [1.82, 2.24) is 19.8 Å². The second-order valence-electron chi connectivity index (χ2n) is 6.70. The van der Waals surface area contributed by atoms with Gasteiger partial charge in [-0.1, -0.05) is 6.07 Å². The average molecular weight is 407 g/mol. The van der Waals surface area contributed by atoms with Crippen LogP contribution < -0.4 is 10.6 Å². The predicted octanol–water partition coefficient (Wildman–Crippen LogP) is 2.71. The third-order valence-corrected chi connectivity index (χ3v) is 3.41. The summed E-state index contributed by atoms with van der Waals surface area (Å²) < 4.78 is 38.5. The van der Waals surface area contributed by atoms with Gasteiger partial charge in [-0.3, -0.25) is 0 Å². The van der Waals surface area contributed by atoms with Crippen LogP contribution in [0.1, 0.15) is 20.8 Å². The van der Waals surface area contributed by atoms with Crippen molar-refractivity contribution in [3.8, 4) is 5.69 Å². The van der Waals surface area contributed by atoms with Crippen molar-refractivity contribution in [2.45, 2.75) is 26.4 Å². The zero-order valence-electron chi connectivity index (χ0n) is 15.5. The van der Waals surface area contributed by atoms with E-state index >= 15 is 0 Å². The molecule has 0 bridgehead atoms. The molecule has 0 radical (unpaired) electrons. The van der Waals surface area contributed by atoms with Crippen LogP contribution in [0, 0.1) is 11.6 Å². The lowest BCUT2D eigenvalue weighted by atomic mass is 10.2. The zero-order valence-corrected chi connectivity index (χ0v) is 15.5. The van der Waals surface area contributed by atoms with Gasteiger partial charge in [-0.15, -0.1) is 4.68 Å². The van der Waals surface area contributed by atoms with E-state index in [-0.39, 0.29) is 15.2 Å². The molecule has 0 spiro atoms. The van der Waals surface area contributed by atoms with Crippen LogP contribution in [-0.4, -0.2) is 37.5 Å². The lowest BCUT2D eigenvalue weighted by Gasteiger charge is -2.23. The number of hydrogen-bond donors (Lipinski definition) is 0. The fourth-order valence-corrected chi connectivity index (χ4v) is 2.26. The first kappa shape index (κ1) is 19.9. The number of benzene rings is 1. The van der Waals surface area contributed by atoms with E-state index in [2.05, 4.69) is 10.4 Å². The number of ether oxygens (including phenoxy) is 1. The van der Waals surface area contributed by atoms with Gasteiger partial charge >= 0.3 is 17.8 Å². The molecule has 0 aliphatic rings. The molecular formula is C17H15F2N5O5. The highest BCUT2D eigenvalue weighted by Gasteiger charge is 2.34. The molecule has 0 fully saturated rings. The fourth-order valence-electron chi connectivity index (χ4n) is 2.26. The smallest absolute Gasteiger partial charge is 0.425 e. The van der Waals surface area contributed by atoms with E-state index in [1.165, 1.54) is 18.4 Å². The maximum atomic E-state index is 14.0. The molecule has 152 valence electrons. The second-order valence-corrected chi connectivity index (χ2v) is 6.70. The van der Waals surface area contributed by atoms with Gasteiger partial charge in [-0.05, 0) is 49.4 Å². The van der Waals surface area contributed by atoms with Gasteiger partial charge in [0.2, 0.25) is 5.88 Å². The topological polar surface area (TPSA) is 112 Å². The third kappa shape index (κ3) is 3.90. The SMILES string of the molecule is CC(C)(C)OC(=O)N(C(=O)n1nnn(-c2c(F)cccc2F)c1=O)c1ccco1. The summed E-state index contributed by atoms with van der Waals surface area (Å²) in [6.07, 6.45) is 0.0323. The normalized spacial score (nSPS) is 11.3. The Balaban J connectivity index is 2.05. The monoisotopic (exact) mass is 407 g/mol. The minimum absolute atomic E-state index is 0.151. The number of carbonyl (C=O) groups excluding carboxylic acids is 2. The van der Waals surface area contributed by atoms with E-state index < -0.39 is 40.7 Å². The molecule has 0 saturated carbocycles. The number of rotatable bonds is 2. The van der Waals surface area contributed by atoms with Gasteiger partial charge in [0.15, 0.2) is 11.6 Å². The van der Waals surface area contributed by atoms with Crippen LogP contribution in [0.25, 0.3) is 5.69 Å². The first-order valence-electron chi connectivity index (χ1n) is 8.20. The molecule has 3 aromatic rings. The van der Waals surface area contributed by atoms with Crippen LogP contribution in [0.2, 0.25) is 0 Å². The molecule has 0 atom stereocenters. The molecule has 2 aromatic heterocycles. The Morgan fingerprint density at radius 3 is 2.31 bits per heavy atom. The number of anilines is 1. The first-order valence-corrected chi connectivity index (χ1v) is 8.20. The Kier molecular flexibility index (Phi) is 5.01. The number of amides is 2. The first-order chi connectivity index (χ1) is 13.6. The molecular weight excluding hydrogens is 392 g/mol. The van der Waals surface area contributed by atoms with Crippen molar-refractivity contribution in [3.05, 3.63) is 58.7 Å². The van der Waals surface area contributed by atoms with Crippen molar-refractivity contribution >= 4 is 18.0 Å². The molecule has 0 saturated heterocycles. The average Bonchev–Trinajstić information content (AvgIpc) is 3.24. The summed E-state index contributed by atoms with van der Waals surface area (Å²) in [7, 11) is 0. The number of carbonyl (C=O) groups is 2. The quantitative estimate of drug-likeness (QED) is 0.600. The van der Waals surface area contributed by atoms with Gasteiger partial charge in [-0.2, -0.15) is 9.58 Å². The Labute approximate surface area is 161 Å². The zero-order chi connectivity index (χ0) is 21.3. The molecule has 1 aromatic carbocycles. The lowest BCUT2D eigenvalue weighted by molar-refractivity contribution is 0.0587. The van der Waals surface area contributed by atoms with Crippen molar-refractivity contribution in [2.75, 3.05) is 4.90 Å². The number of aromatic nitrogens is 4. The lowest BCUT2D eigenvalue weighted by Crippen LogP contribution is -2.46. The second kappa shape index (κ2) is 7.30. The number of hydrogen-bond acceptors (Lipinski definition) is 7. The van der Waals surface area contributed by atoms with E-state index in [1.807, 2.05) is 0 Å². The molecule has 0 N–H and O–H groups in total. The van der Waals surface area contributed by atoms with E-state index in [4.69, 9.17) is 9.15 Å². The van der Waals surface area contributed by atoms with Gasteiger partial charge < -0.3 is 9.15 Å². The van der Waals surface area contributed by atoms with Crippen LogP contribution in [0.15, 0.2) is 45.8 Å². The number of imide groups is 1. The van der Waals surface area contributed by atoms with Crippen LogP contribution in [0.4, 0.5) is 24.3 Å². The highest BCUT2D eigenvalue weighted by atomic mass is 19.1. The molecule has 2 amide bonds. The van der Waals surface area contributed by atoms with E-state index in [0.717, 1.165) is 18.2 Å². The van der Waals surface area contributed by atoms with Crippen LogP contribution in [0.3, 0.4) is 0 Å². The molecule has 0 aliphatic carbocycles. The highest BCUT2D eigenvalue weighted by Crippen LogP contribution is 2.20. The minimum atomic E-state index is -1.32. The number of tetrazole rings is 1. The van der Waals surface area contributed by atoms with Gasteiger partial charge in [0, 0.05) is 6.07 Å². The van der Waals surface area contributed by atoms with E-state index in [0.29, 0.717) is 4.90 Å². The Hall–Kier alpha value is -3.83. The minimum Gasteiger partial charge on any atom is -0.448 e. The summed E-state index contributed by atoms with van der Waals surface area (Å²) in [5.74, 6) is -2.45. The highest BCUT2D eigenvalue weighted by molar-refractivity contribution is 6.11. The Bertz CT molecular complexity index is 1090. The summed E-state index contributed by atoms with van der Waals surface area (Å²) in [5, 5.41) is 6.66. The summed E-state index contributed by atoms with van der Waals surface area (Å²) in [4.78, 5) is 38.3. The standard InChI is InChI=1S/C17H15F2N5O5/c1-17(2,3)29-16(27)22(12-8-5-9-28-12)14(25)24-15(26)23(20-21-24)13-10(18)6-4-7-11(13)19/h4-9H,1-3H3. The van der Waals surface area contributed by atoms with Crippen molar-refractivity contribution in [1.29, 1.82) is 0 Å². The summed E-state index contributed by atoms with van der Waals surface area (Å²) in [5.41, 5.74) is -3.10. The van der Waals surface area contributed by atoms with E-state index in [1.54, 1.807) is 20.8 Å². The largest absolute Gasteiger partial charge is 0.448 e. The summed E-state index contributed by atoms with van der Waals surface area (Å²) in [6.45, 7) is 4.71. The molecule has 0 unspecified atom stereocenters. The number of halogens is 2. The number of para-hydroxylation sites is 1. The molecule has 0 aliphatic heterocycles. The number of nitrogens with zero attached hydrogens (tertiary/aromatic N) is 5. The third-order valence-electron chi connectivity index (χ3n) is 3.41. The molecule has 12 heteroatoms. The van der Waals surface area contributed by atoms with Gasteiger partial charge in [-0.25, -0.2) is 23.2 Å². The molecule has 2 heterocycles.